The average Bonchev–Trinajstić information content (AvgIpc) is 2.76. The predicted octanol–water partition coefficient (Wildman–Crippen LogP) is 2.07. The van der Waals surface area contributed by atoms with Crippen LogP contribution in [-0.2, 0) is 0 Å². The van der Waals surface area contributed by atoms with Crippen molar-refractivity contribution in [3.8, 4) is 0 Å². The smallest absolute Gasteiger partial charge is 0.310 e. The second-order valence-electron chi connectivity index (χ2n) is 4.15. The van der Waals surface area contributed by atoms with Crippen molar-refractivity contribution in [2.75, 3.05) is 24.6 Å². The lowest BCUT2D eigenvalue weighted by atomic mass is 10.1. The van der Waals surface area contributed by atoms with Crippen molar-refractivity contribution < 1.29 is 10.0 Å². The summed E-state index contributed by atoms with van der Waals surface area (Å²) in [7, 11) is 0. The van der Waals surface area contributed by atoms with E-state index in [9.17, 15) is 10.1 Å². The zero-order valence-electron chi connectivity index (χ0n) is 9.17. The molecule has 17 heavy (non-hydrogen) atoms. The Balaban J connectivity index is 2.33. The third-order valence-electron chi connectivity index (χ3n) is 3.03. The van der Waals surface area contributed by atoms with Crippen molar-refractivity contribution >= 4 is 23.0 Å². The molecule has 0 aliphatic carbocycles. The first kappa shape index (κ1) is 12.1. The van der Waals surface area contributed by atoms with E-state index in [1.807, 2.05) is 4.90 Å². The van der Waals surface area contributed by atoms with Gasteiger partial charge in [-0.2, -0.15) is 0 Å². The summed E-state index contributed by atoms with van der Waals surface area (Å²) in [6.45, 7) is 1.47. The van der Waals surface area contributed by atoms with E-state index in [2.05, 4.69) is 0 Å². The van der Waals surface area contributed by atoms with Crippen LogP contribution in [0.2, 0.25) is 5.02 Å². The van der Waals surface area contributed by atoms with Crippen LogP contribution in [0.5, 0.6) is 0 Å². The van der Waals surface area contributed by atoms with Gasteiger partial charge < -0.3 is 10.0 Å². The highest BCUT2D eigenvalue weighted by molar-refractivity contribution is 6.33. The van der Waals surface area contributed by atoms with E-state index >= 15 is 0 Å². The van der Waals surface area contributed by atoms with Crippen LogP contribution < -0.4 is 4.90 Å². The van der Waals surface area contributed by atoms with Crippen molar-refractivity contribution in [2.45, 2.75) is 6.42 Å². The maximum atomic E-state index is 11.0. The number of nitro groups is 1. The first-order valence-electron chi connectivity index (χ1n) is 5.42. The number of aliphatic hydroxyl groups excluding tert-OH is 1. The molecule has 1 aliphatic rings. The molecular formula is C11H13ClN2O3. The van der Waals surface area contributed by atoms with Gasteiger partial charge >= 0.3 is 5.69 Å². The number of hydrogen-bond donors (Lipinski definition) is 1. The molecule has 0 saturated carbocycles. The lowest BCUT2D eigenvalue weighted by Gasteiger charge is -2.18. The maximum Gasteiger partial charge on any atom is 0.310 e. The van der Waals surface area contributed by atoms with Gasteiger partial charge in [-0.05, 0) is 18.6 Å². The number of hydrogen-bond acceptors (Lipinski definition) is 4. The molecule has 1 fully saturated rings. The SMILES string of the molecule is O=[N+]([O-])c1c(Cl)cccc1N1CCC(CO)C1. The lowest BCUT2D eigenvalue weighted by molar-refractivity contribution is -0.384. The predicted molar refractivity (Wildman–Crippen MR) is 65.5 cm³/mol. The molecule has 1 aromatic carbocycles. The van der Waals surface area contributed by atoms with Crippen LogP contribution in [0.15, 0.2) is 18.2 Å². The van der Waals surface area contributed by atoms with E-state index in [0.717, 1.165) is 6.42 Å². The average molecular weight is 257 g/mol. The first-order valence-corrected chi connectivity index (χ1v) is 5.80. The van der Waals surface area contributed by atoms with Gasteiger partial charge in [0.05, 0.1) is 4.92 Å². The number of aliphatic hydroxyl groups is 1. The van der Waals surface area contributed by atoms with Crippen molar-refractivity contribution in [1.82, 2.24) is 0 Å². The van der Waals surface area contributed by atoms with Gasteiger partial charge in [-0.3, -0.25) is 10.1 Å². The normalized spacial score (nSPS) is 19.6. The van der Waals surface area contributed by atoms with Crippen molar-refractivity contribution in [1.29, 1.82) is 0 Å². The van der Waals surface area contributed by atoms with Gasteiger partial charge in [0.2, 0.25) is 0 Å². The maximum absolute atomic E-state index is 11.0. The fourth-order valence-corrected chi connectivity index (χ4v) is 2.38. The molecule has 92 valence electrons. The van der Waals surface area contributed by atoms with Crippen LogP contribution >= 0.6 is 11.6 Å². The quantitative estimate of drug-likeness (QED) is 0.664. The van der Waals surface area contributed by atoms with Crippen molar-refractivity contribution in [3.05, 3.63) is 33.3 Å². The monoisotopic (exact) mass is 256 g/mol. The number of halogens is 1. The molecule has 1 saturated heterocycles. The van der Waals surface area contributed by atoms with Gasteiger partial charge in [-0.25, -0.2) is 0 Å². The number of benzene rings is 1. The summed E-state index contributed by atoms with van der Waals surface area (Å²) in [5, 5.41) is 20.2. The molecule has 1 heterocycles. The molecular weight excluding hydrogens is 244 g/mol. The minimum atomic E-state index is -0.454. The molecule has 2 rings (SSSR count). The highest BCUT2D eigenvalue weighted by Gasteiger charge is 2.28. The number of nitro benzene ring substituents is 1. The number of nitrogens with zero attached hydrogens (tertiary/aromatic N) is 2. The Morgan fingerprint density at radius 3 is 2.94 bits per heavy atom. The van der Waals surface area contributed by atoms with Crippen LogP contribution in [0.3, 0.4) is 0 Å². The molecule has 1 aliphatic heterocycles. The Hall–Kier alpha value is -1.33. The first-order chi connectivity index (χ1) is 8.13. The fourth-order valence-electron chi connectivity index (χ4n) is 2.14. The van der Waals surface area contributed by atoms with Crippen LogP contribution in [0.25, 0.3) is 0 Å². The molecule has 0 amide bonds. The van der Waals surface area contributed by atoms with E-state index in [1.165, 1.54) is 6.07 Å². The Bertz CT molecular complexity index is 439. The van der Waals surface area contributed by atoms with Crippen LogP contribution in [0.4, 0.5) is 11.4 Å². The molecule has 6 heteroatoms. The highest BCUT2D eigenvalue weighted by atomic mass is 35.5. The molecule has 1 aromatic rings. The molecule has 0 spiro atoms. The van der Waals surface area contributed by atoms with E-state index in [0.29, 0.717) is 18.8 Å². The highest BCUT2D eigenvalue weighted by Crippen LogP contribution is 2.37. The van der Waals surface area contributed by atoms with Crippen LogP contribution in [0.1, 0.15) is 6.42 Å². The molecule has 0 radical (unpaired) electrons. The molecule has 0 bridgehead atoms. The second kappa shape index (κ2) is 4.89. The molecule has 0 aromatic heterocycles. The molecule has 1 unspecified atom stereocenters. The Kier molecular flexibility index (Phi) is 3.49. The van der Waals surface area contributed by atoms with Crippen LogP contribution in [-0.4, -0.2) is 29.7 Å². The summed E-state index contributed by atoms with van der Waals surface area (Å²) < 4.78 is 0. The van der Waals surface area contributed by atoms with Gasteiger partial charge in [0.25, 0.3) is 0 Å². The number of anilines is 1. The summed E-state index contributed by atoms with van der Waals surface area (Å²) in [5.41, 5.74) is 0.492. The van der Waals surface area contributed by atoms with Gasteiger partial charge in [0, 0.05) is 25.6 Å². The third kappa shape index (κ3) is 2.35. The number of para-hydroxylation sites is 1. The lowest BCUT2D eigenvalue weighted by Crippen LogP contribution is -2.21. The summed E-state index contributed by atoms with van der Waals surface area (Å²) in [5.74, 6) is 0.189. The standard InChI is InChI=1S/C11H13ClN2O3/c12-9-2-1-3-10(11(9)14(16)17)13-5-4-8(6-13)7-15/h1-3,8,15H,4-7H2. The van der Waals surface area contributed by atoms with E-state index in [4.69, 9.17) is 16.7 Å². The van der Waals surface area contributed by atoms with E-state index in [-0.39, 0.29) is 23.2 Å². The van der Waals surface area contributed by atoms with Gasteiger partial charge in [0.15, 0.2) is 0 Å². The minimum absolute atomic E-state index is 0.0484. The van der Waals surface area contributed by atoms with Gasteiger partial charge in [-0.1, -0.05) is 17.7 Å². The third-order valence-corrected chi connectivity index (χ3v) is 3.34. The summed E-state index contributed by atoms with van der Waals surface area (Å²) in [6.07, 6.45) is 0.847. The van der Waals surface area contributed by atoms with Crippen molar-refractivity contribution in [2.24, 2.45) is 5.92 Å². The largest absolute Gasteiger partial charge is 0.396 e. The Morgan fingerprint density at radius 1 is 1.59 bits per heavy atom. The molecule has 5 nitrogen and oxygen atoms in total. The second-order valence-corrected chi connectivity index (χ2v) is 4.56. The van der Waals surface area contributed by atoms with Crippen molar-refractivity contribution in [3.63, 3.8) is 0 Å². The van der Waals surface area contributed by atoms with E-state index < -0.39 is 4.92 Å². The zero-order valence-corrected chi connectivity index (χ0v) is 9.93. The number of rotatable bonds is 3. The zero-order chi connectivity index (χ0) is 12.4. The van der Waals surface area contributed by atoms with Gasteiger partial charge in [0.1, 0.15) is 10.7 Å². The van der Waals surface area contributed by atoms with Crippen LogP contribution in [0, 0.1) is 16.0 Å². The Labute approximate surface area is 104 Å². The minimum Gasteiger partial charge on any atom is -0.396 e. The molecule has 1 atom stereocenters. The molecule has 1 N–H and O–H groups in total. The summed E-state index contributed by atoms with van der Waals surface area (Å²) in [4.78, 5) is 12.4. The summed E-state index contributed by atoms with van der Waals surface area (Å²) >= 11 is 5.86. The fraction of sp³-hybridized carbons (Fsp3) is 0.455. The van der Waals surface area contributed by atoms with Gasteiger partial charge in [-0.15, -0.1) is 0 Å². The summed E-state index contributed by atoms with van der Waals surface area (Å²) in [6, 6.07) is 4.92. The Morgan fingerprint density at radius 2 is 2.35 bits per heavy atom. The topological polar surface area (TPSA) is 66.6 Å². The van der Waals surface area contributed by atoms with E-state index in [1.54, 1.807) is 12.1 Å².